The number of nitrogens with two attached hydrogens (primary N) is 1. The number of rotatable bonds is 3. The second kappa shape index (κ2) is 5.34. The molecule has 0 aromatic heterocycles. The molecule has 3 nitrogen and oxygen atoms in total. The lowest BCUT2D eigenvalue weighted by Crippen LogP contribution is -2.58. The van der Waals surface area contributed by atoms with Crippen molar-refractivity contribution in [2.24, 2.45) is 17.1 Å². The van der Waals surface area contributed by atoms with Gasteiger partial charge in [-0.15, -0.1) is 0 Å². The van der Waals surface area contributed by atoms with Crippen LogP contribution >= 0.6 is 0 Å². The number of likely N-dealkylation sites (tertiary alicyclic amines) is 1. The van der Waals surface area contributed by atoms with Gasteiger partial charge in [0.05, 0.1) is 0 Å². The van der Waals surface area contributed by atoms with Crippen LogP contribution in [0.15, 0.2) is 0 Å². The minimum atomic E-state index is 0.256. The summed E-state index contributed by atoms with van der Waals surface area (Å²) in [5.74, 6) is 0.797. The molecule has 112 valence electrons. The molecule has 1 saturated carbocycles. The monoisotopic (exact) mass is 267 g/mol. The Morgan fingerprint density at radius 3 is 2.42 bits per heavy atom. The zero-order valence-electron chi connectivity index (χ0n) is 13.6. The molecule has 3 atom stereocenters. The van der Waals surface area contributed by atoms with Crippen LogP contribution in [-0.4, -0.2) is 55.1 Å². The van der Waals surface area contributed by atoms with E-state index in [2.05, 4.69) is 44.7 Å². The predicted octanol–water partition coefficient (Wildman–Crippen LogP) is 2.17. The summed E-state index contributed by atoms with van der Waals surface area (Å²) in [6.07, 6.45) is 5.19. The molecule has 2 rings (SSSR count). The SMILES string of the molecule is CC1CC(C)(C)CC(CN)(N2CCC(N(C)C)C2)C1. The molecule has 0 bridgehead atoms. The molecule has 3 heteroatoms. The molecule has 2 aliphatic rings. The zero-order valence-corrected chi connectivity index (χ0v) is 13.6. The third kappa shape index (κ3) is 3.14. The number of likely N-dealkylation sites (N-methyl/N-ethyl adjacent to an activating group) is 1. The van der Waals surface area contributed by atoms with Crippen LogP contribution < -0.4 is 5.73 Å². The molecule has 1 heterocycles. The highest BCUT2D eigenvalue weighted by Gasteiger charge is 2.47. The molecule has 0 spiro atoms. The van der Waals surface area contributed by atoms with Crippen LogP contribution in [0.25, 0.3) is 0 Å². The second-order valence-electron chi connectivity index (χ2n) is 8.14. The largest absolute Gasteiger partial charge is 0.329 e. The fourth-order valence-electron chi connectivity index (χ4n) is 4.82. The molecular formula is C16H33N3. The van der Waals surface area contributed by atoms with Gasteiger partial charge in [-0.2, -0.15) is 0 Å². The fourth-order valence-corrected chi connectivity index (χ4v) is 4.82. The third-order valence-corrected chi connectivity index (χ3v) is 5.38. The molecule has 1 aliphatic heterocycles. The van der Waals surface area contributed by atoms with Gasteiger partial charge in [0.1, 0.15) is 0 Å². The molecular weight excluding hydrogens is 234 g/mol. The first-order chi connectivity index (χ1) is 8.78. The van der Waals surface area contributed by atoms with Crippen molar-refractivity contribution in [3.63, 3.8) is 0 Å². The maximum Gasteiger partial charge on any atom is 0.0340 e. The van der Waals surface area contributed by atoms with Gasteiger partial charge in [0.25, 0.3) is 0 Å². The van der Waals surface area contributed by atoms with Gasteiger partial charge in [-0.05, 0) is 51.1 Å². The summed E-state index contributed by atoms with van der Waals surface area (Å²) in [4.78, 5) is 5.09. The van der Waals surface area contributed by atoms with Gasteiger partial charge in [-0.1, -0.05) is 20.8 Å². The van der Waals surface area contributed by atoms with Gasteiger partial charge in [0.15, 0.2) is 0 Å². The Balaban J connectivity index is 2.14. The van der Waals surface area contributed by atoms with Crippen LogP contribution in [-0.2, 0) is 0 Å². The summed E-state index contributed by atoms with van der Waals surface area (Å²) < 4.78 is 0. The Morgan fingerprint density at radius 1 is 1.26 bits per heavy atom. The lowest BCUT2D eigenvalue weighted by Gasteiger charge is -2.52. The summed E-state index contributed by atoms with van der Waals surface area (Å²) in [5, 5.41) is 0. The van der Waals surface area contributed by atoms with Gasteiger partial charge in [-0.3, -0.25) is 4.90 Å². The maximum absolute atomic E-state index is 6.27. The van der Waals surface area contributed by atoms with Crippen molar-refractivity contribution in [3.05, 3.63) is 0 Å². The van der Waals surface area contributed by atoms with E-state index in [1.54, 1.807) is 0 Å². The van der Waals surface area contributed by atoms with E-state index < -0.39 is 0 Å². The van der Waals surface area contributed by atoms with Crippen molar-refractivity contribution in [2.45, 2.75) is 58.0 Å². The van der Waals surface area contributed by atoms with E-state index in [0.29, 0.717) is 11.5 Å². The number of nitrogens with zero attached hydrogens (tertiary/aromatic N) is 2. The summed E-state index contributed by atoms with van der Waals surface area (Å²) in [6, 6.07) is 0.712. The lowest BCUT2D eigenvalue weighted by molar-refractivity contribution is -0.00107. The second-order valence-corrected chi connectivity index (χ2v) is 8.14. The topological polar surface area (TPSA) is 32.5 Å². The van der Waals surface area contributed by atoms with Crippen LogP contribution in [0.1, 0.15) is 46.5 Å². The molecule has 2 N–H and O–H groups in total. The van der Waals surface area contributed by atoms with Gasteiger partial charge >= 0.3 is 0 Å². The fraction of sp³-hybridized carbons (Fsp3) is 1.00. The standard InChI is InChI=1S/C16H33N3/c1-13-8-15(2,3)11-16(9-13,12-17)19-7-6-14(10-19)18(4)5/h13-14H,6-12,17H2,1-5H3. The first-order valence-corrected chi connectivity index (χ1v) is 7.90. The minimum absolute atomic E-state index is 0.256. The number of hydrogen-bond donors (Lipinski definition) is 1. The smallest absolute Gasteiger partial charge is 0.0340 e. The third-order valence-electron chi connectivity index (χ3n) is 5.38. The molecule has 19 heavy (non-hydrogen) atoms. The van der Waals surface area contributed by atoms with E-state index in [9.17, 15) is 0 Å². The zero-order chi connectivity index (χ0) is 14.3. The Bertz CT molecular complexity index is 313. The van der Waals surface area contributed by atoms with Crippen molar-refractivity contribution >= 4 is 0 Å². The molecule has 0 amide bonds. The van der Waals surface area contributed by atoms with Gasteiger partial charge in [-0.25, -0.2) is 0 Å². The van der Waals surface area contributed by atoms with Crippen LogP contribution in [0.4, 0.5) is 0 Å². The maximum atomic E-state index is 6.27. The van der Waals surface area contributed by atoms with Crippen molar-refractivity contribution < 1.29 is 0 Å². The molecule has 1 aliphatic carbocycles. The minimum Gasteiger partial charge on any atom is -0.329 e. The predicted molar refractivity (Wildman–Crippen MR) is 82.2 cm³/mol. The van der Waals surface area contributed by atoms with Crippen LogP contribution in [0.5, 0.6) is 0 Å². The van der Waals surface area contributed by atoms with E-state index in [4.69, 9.17) is 5.73 Å². The summed E-state index contributed by atoms with van der Waals surface area (Å²) in [6.45, 7) is 10.5. The van der Waals surface area contributed by atoms with Crippen molar-refractivity contribution in [3.8, 4) is 0 Å². The molecule has 0 aromatic carbocycles. The summed E-state index contributed by atoms with van der Waals surface area (Å²) >= 11 is 0. The first-order valence-electron chi connectivity index (χ1n) is 7.90. The molecule has 1 saturated heterocycles. The molecule has 0 aromatic rings. The lowest BCUT2D eigenvalue weighted by atomic mass is 9.63. The van der Waals surface area contributed by atoms with Gasteiger partial charge in [0.2, 0.25) is 0 Å². The quantitative estimate of drug-likeness (QED) is 0.850. The number of hydrogen-bond acceptors (Lipinski definition) is 3. The first kappa shape index (κ1) is 15.3. The van der Waals surface area contributed by atoms with Gasteiger partial charge < -0.3 is 10.6 Å². The highest BCUT2D eigenvalue weighted by molar-refractivity contribution is 5.03. The van der Waals surface area contributed by atoms with E-state index in [1.807, 2.05) is 0 Å². The van der Waals surface area contributed by atoms with Crippen molar-refractivity contribution in [1.29, 1.82) is 0 Å². The molecule has 3 unspecified atom stereocenters. The van der Waals surface area contributed by atoms with Crippen LogP contribution in [0, 0.1) is 11.3 Å². The molecule has 0 radical (unpaired) electrons. The highest BCUT2D eigenvalue weighted by atomic mass is 15.3. The highest BCUT2D eigenvalue weighted by Crippen LogP contribution is 2.47. The van der Waals surface area contributed by atoms with Crippen molar-refractivity contribution in [2.75, 3.05) is 33.7 Å². The summed E-state index contributed by atoms with van der Waals surface area (Å²) in [5.41, 5.74) is 6.96. The average Bonchev–Trinajstić information content (AvgIpc) is 2.75. The Kier molecular flexibility index (Phi) is 4.29. The van der Waals surface area contributed by atoms with Crippen LogP contribution in [0.3, 0.4) is 0 Å². The van der Waals surface area contributed by atoms with Crippen molar-refractivity contribution in [1.82, 2.24) is 9.80 Å². The van der Waals surface area contributed by atoms with E-state index in [1.165, 1.54) is 38.8 Å². The average molecular weight is 267 g/mol. The Hall–Kier alpha value is -0.120. The Morgan fingerprint density at radius 2 is 1.95 bits per heavy atom. The molecule has 2 fully saturated rings. The van der Waals surface area contributed by atoms with Crippen LogP contribution in [0.2, 0.25) is 0 Å². The van der Waals surface area contributed by atoms with E-state index in [-0.39, 0.29) is 5.54 Å². The summed E-state index contributed by atoms with van der Waals surface area (Å²) in [7, 11) is 4.41. The Labute approximate surface area is 119 Å². The van der Waals surface area contributed by atoms with E-state index in [0.717, 1.165) is 12.5 Å². The normalized spacial score (nSPS) is 39.9. The van der Waals surface area contributed by atoms with Gasteiger partial charge in [0, 0.05) is 31.2 Å². The van der Waals surface area contributed by atoms with E-state index >= 15 is 0 Å².